The number of piperidine rings is 1. The van der Waals surface area contributed by atoms with Crippen LogP contribution in [0.4, 0.5) is 10.5 Å². The van der Waals surface area contributed by atoms with Crippen molar-refractivity contribution in [3.8, 4) is 0 Å². The van der Waals surface area contributed by atoms with E-state index in [4.69, 9.17) is 4.74 Å². The van der Waals surface area contributed by atoms with Gasteiger partial charge in [-0.05, 0) is 49.9 Å². The number of benzene rings is 1. The maximum atomic E-state index is 12.9. The van der Waals surface area contributed by atoms with E-state index in [-0.39, 0.29) is 23.6 Å². The van der Waals surface area contributed by atoms with Gasteiger partial charge in [0.15, 0.2) is 0 Å². The Labute approximate surface area is 165 Å². The van der Waals surface area contributed by atoms with Crippen molar-refractivity contribution in [1.82, 2.24) is 9.47 Å². The molecular formula is C22H27N3O3. The summed E-state index contributed by atoms with van der Waals surface area (Å²) < 4.78 is 7.53. The Kier molecular flexibility index (Phi) is 5.22. The second kappa shape index (κ2) is 7.80. The van der Waals surface area contributed by atoms with Gasteiger partial charge in [0.05, 0.1) is 12.7 Å². The molecule has 2 aromatic rings. The zero-order valence-electron chi connectivity index (χ0n) is 16.4. The number of nitrogens with one attached hydrogen (secondary N) is 1. The maximum Gasteiger partial charge on any atom is 0.321 e. The third-order valence-corrected chi connectivity index (χ3v) is 5.53. The molecule has 0 unspecified atom stereocenters. The predicted octanol–water partition coefficient (Wildman–Crippen LogP) is 3.42. The van der Waals surface area contributed by atoms with Gasteiger partial charge in [0.1, 0.15) is 0 Å². The molecule has 148 valence electrons. The predicted molar refractivity (Wildman–Crippen MR) is 109 cm³/mol. The molecule has 1 saturated heterocycles. The van der Waals surface area contributed by atoms with E-state index in [1.807, 2.05) is 59.7 Å². The number of hydrogen-bond acceptors (Lipinski definition) is 3. The van der Waals surface area contributed by atoms with Gasteiger partial charge >= 0.3 is 6.03 Å². The average Bonchev–Trinajstić information content (AvgIpc) is 2.67. The summed E-state index contributed by atoms with van der Waals surface area (Å²) in [5.74, 6) is 0.542. The average molecular weight is 381 g/mol. The van der Waals surface area contributed by atoms with Crippen LogP contribution in [0.5, 0.6) is 0 Å². The number of hydrogen-bond donors (Lipinski definition) is 1. The standard InChI is InChI=1S/C22H27N3O3/c1-15(2)28-14-16-5-3-6-19(10-16)23-22(27)24-11-17-9-18(13-24)20-7-4-8-21(26)25(20)12-17/h3-8,10,15,17-18H,9,11-14H2,1-2H3,(H,23,27)/t17-,18+/m0/s1. The lowest BCUT2D eigenvalue weighted by Gasteiger charge is -2.42. The van der Waals surface area contributed by atoms with Crippen molar-refractivity contribution in [2.75, 3.05) is 18.4 Å². The van der Waals surface area contributed by atoms with E-state index in [9.17, 15) is 9.59 Å². The molecule has 1 fully saturated rings. The zero-order chi connectivity index (χ0) is 19.7. The molecule has 2 atom stereocenters. The summed E-state index contributed by atoms with van der Waals surface area (Å²) in [6, 6.07) is 13.2. The first-order valence-electron chi connectivity index (χ1n) is 9.96. The van der Waals surface area contributed by atoms with E-state index >= 15 is 0 Å². The van der Waals surface area contributed by atoms with Crippen LogP contribution in [0.1, 0.15) is 37.4 Å². The molecule has 2 amide bonds. The van der Waals surface area contributed by atoms with Crippen molar-refractivity contribution in [2.24, 2.45) is 5.92 Å². The van der Waals surface area contributed by atoms with Crippen molar-refractivity contribution < 1.29 is 9.53 Å². The van der Waals surface area contributed by atoms with Gasteiger partial charge in [0, 0.05) is 43.0 Å². The molecule has 2 aliphatic heterocycles. The number of urea groups is 1. The summed E-state index contributed by atoms with van der Waals surface area (Å²) in [4.78, 5) is 26.9. The number of aromatic nitrogens is 1. The van der Waals surface area contributed by atoms with Gasteiger partial charge in [-0.25, -0.2) is 4.79 Å². The lowest BCUT2D eigenvalue weighted by atomic mass is 9.83. The zero-order valence-corrected chi connectivity index (χ0v) is 16.4. The van der Waals surface area contributed by atoms with Crippen molar-refractivity contribution in [2.45, 2.75) is 45.4 Å². The SMILES string of the molecule is CC(C)OCc1cccc(NC(=O)N2C[C@@H]3C[C@H](C2)c2cccc(=O)n2C3)c1. The number of carbonyl (C=O) groups is 1. The van der Waals surface area contributed by atoms with Gasteiger partial charge in [-0.3, -0.25) is 4.79 Å². The van der Waals surface area contributed by atoms with Crippen LogP contribution in [0, 0.1) is 5.92 Å². The minimum atomic E-state index is -0.0802. The monoisotopic (exact) mass is 381 g/mol. The first-order valence-corrected chi connectivity index (χ1v) is 9.96. The molecule has 28 heavy (non-hydrogen) atoms. The third-order valence-electron chi connectivity index (χ3n) is 5.53. The molecule has 1 aromatic heterocycles. The fourth-order valence-electron chi connectivity index (χ4n) is 4.27. The van der Waals surface area contributed by atoms with Gasteiger partial charge in [-0.2, -0.15) is 0 Å². The van der Waals surface area contributed by atoms with Gasteiger partial charge < -0.3 is 19.5 Å². The van der Waals surface area contributed by atoms with Crippen molar-refractivity contribution in [3.05, 3.63) is 64.1 Å². The minimum absolute atomic E-state index is 0.0607. The van der Waals surface area contributed by atoms with Crippen LogP contribution < -0.4 is 10.9 Å². The summed E-state index contributed by atoms with van der Waals surface area (Å²) in [7, 11) is 0. The van der Waals surface area contributed by atoms with Crippen LogP contribution in [0.2, 0.25) is 0 Å². The number of likely N-dealkylation sites (tertiary alicyclic amines) is 1. The van der Waals surface area contributed by atoms with Crippen LogP contribution in [0.25, 0.3) is 0 Å². The van der Waals surface area contributed by atoms with E-state index in [0.717, 1.165) is 23.4 Å². The Morgan fingerprint density at radius 3 is 2.82 bits per heavy atom. The summed E-state index contributed by atoms with van der Waals surface area (Å²) in [5, 5.41) is 3.03. The van der Waals surface area contributed by atoms with Crippen LogP contribution in [0.3, 0.4) is 0 Å². The lowest BCUT2D eigenvalue weighted by Crippen LogP contribution is -2.50. The topological polar surface area (TPSA) is 63.6 Å². The largest absolute Gasteiger partial charge is 0.374 e. The fraction of sp³-hybridized carbons (Fsp3) is 0.455. The molecule has 6 nitrogen and oxygen atoms in total. The Balaban J connectivity index is 1.44. The quantitative estimate of drug-likeness (QED) is 0.883. The number of fused-ring (bicyclic) bond motifs is 4. The number of nitrogens with zero attached hydrogens (tertiary/aromatic N) is 2. The highest BCUT2D eigenvalue weighted by atomic mass is 16.5. The minimum Gasteiger partial charge on any atom is -0.374 e. The summed E-state index contributed by atoms with van der Waals surface area (Å²) in [6.45, 7) is 6.55. The van der Waals surface area contributed by atoms with Crippen molar-refractivity contribution in [3.63, 3.8) is 0 Å². The number of pyridine rings is 1. The van der Waals surface area contributed by atoms with Crippen molar-refractivity contribution >= 4 is 11.7 Å². The first-order chi connectivity index (χ1) is 13.5. The normalized spacial score (nSPS) is 20.8. The molecule has 3 heterocycles. The highest BCUT2D eigenvalue weighted by Crippen LogP contribution is 2.35. The fourth-order valence-corrected chi connectivity index (χ4v) is 4.27. The number of carbonyl (C=O) groups excluding carboxylic acids is 1. The molecule has 0 spiro atoms. The molecule has 0 saturated carbocycles. The molecule has 1 aromatic carbocycles. The summed E-state index contributed by atoms with van der Waals surface area (Å²) in [6.07, 6.45) is 1.20. The summed E-state index contributed by atoms with van der Waals surface area (Å²) in [5.41, 5.74) is 2.93. The second-order valence-electron chi connectivity index (χ2n) is 8.09. The Bertz CT molecular complexity index is 921. The van der Waals surface area contributed by atoms with Crippen LogP contribution in [-0.2, 0) is 17.9 Å². The van der Waals surface area contributed by atoms with Gasteiger partial charge in [-0.1, -0.05) is 18.2 Å². The van der Waals surface area contributed by atoms with Gasteiger partial charge in [-0.15, -0.1) is 0 Å². The van der Waals surface area contributed by atoms with Crippen LogP contribution >= 0.6 is 0 Å². The molecule has 0 radical (unpaired) electrons. The molecule has 2 bridgehead atoms. The first kappa shape index (κ1) is 18.7. The number of rotatable bonds is 4. The third kappa shape index (κ3) is 3.97. The van der Waals surface area contributed by atoms with E-state index in [2.05, 4.69) is 5.32 Å². The van der Waals surface area contributed by atoms with E-state index in [1.54, 1.807) is 6.07 Å². The van der Waals surface area contributed by atoms with Crippen molar-refractivity contribution in [1.29, 1.82) is 0 Å². The molecule has 4 rings (SSSR count). The van der Waals surface area contributed by atoms with Gasteiger partial charge in [0.25, 0.3) is 5.56 Å². The Hall–Kier alpha value is -2.60. The van der Waals surface area contributed by atoms with Gasteiger partial charge in [0.2, 0.25) is 0 Å². The maximum absolute atomic E-state index is 12.9. The molecule has 0 aliphatic carbocycles. The van der Waals surface area contributed by atoms with E-state index < -0.39 is 0 Å². The van der Waals surface area contributed by atoms with E-state index in [1.165, 1.54) is 0 Å². The highest BCUT2D eigenvalue weighted by Gasteiger charge is 2.36. The second-order valence-corrected chi connectivity index (χ2v) is 8.09. The molecular weight excluding hydrogens is 354 g/mol. The molecule has 1 N–H and O–H groups in total. The van der Waals surface area contributed by atoms with Crippen LogP contribution in [0.15, 0.2) is 47.3 Å². The molecule has 2 aliphatic rings. The highest BCUT2D eigenvalue weighted by molar-refractivity contribution is 5.89. The number of ether oxygens (including phenoxy) is 1. The Morgan fingerprint density at radius 1 is 1.18 bits per heavy atom. The van der Waals surface area contributed by atoms with E-state index in [0.29, 0.717) is 32.2 Å². The smallest absolute Gasteiger partial charge is 0.321 e. The summed E-state index contributed by atoms with van der Waals surface area (Å²) >= 11 is 0. The Morgan fingerprint density at radius 2 is 2.00 bits per heavy atom. The molecule has 6 heteroatoms. The number of amides is 2. The van der Waals surface area contributed by atoms with Crippen LogP contribution in [-0.4, -0.2) is 34.7 Å². The lowest BCUT2D eigenvalue weighted by molar-refractivity contribution is 0.0657. The number of anilines is 1.